The van der Waals surface area contributed by atoms with Crippen molar-refractivity contribution in [3.8, 4) is 0 Å². The third-order valence-corrected chi connectivity index (χ3v) is 11.1. The molecule has 1 saturated heterocycles. The maximum Gasteiger partial charge on any atom is 0.308 e. The van der Waals surface area contributed by atoms with Crippen molar-refractivity contribution in [3.63, 3.8) is 0 Å². The second kappa shape index (κ2) is 51.9. The molecule has 0 radical (unpaired) electrons. The third-order valence-electron chi connectivity index (χ3n) is 11.1. The van der Waals surface area contributed by atoms with Gasteiger partial charge in [-0.15, -0.1) is 0 Å². The van der Waals surface area contributed by atoms with Gasteiger partial charge in [0.1, 0.15) is 6.61 Å². The Balaban J connectivity index is 0. The molecule has 1 heterocycles. The number of hydrogen-bond acceptors (Lipinski definition) is 9. The molecule has 1 rings (SSSR count). The van der Waals surface area contributed by atoms with Crippen molar-refractivity contribution < 1.29 is 34.0 Å². The molecule has 62 heavy (non-hydrogen) atoms. The number of ether oxygens (including phenoxy) is 3. The first-order chi connectivity index (χ1) is 30.2. The lowest BCUT2D eigenvalue weighted by atomic mass is 10.1. The summed E-state index contributed by atoms with van der Waals surface area (Å²) in [6, 6.07) is 0. The zero-order chi connectivity index (χ0) is 46.0. The standard InChI is InChI=1S/2C18H36O.C17H32N2O5/c2*1-2-3-4-5-6-7-8-9-10-11-12-13-14-15-16-17-18-19;1-18(2)11-5-7-15(20)22-13-14-9-10-17(23-14)24-16(21)8-6-12-19(3)4/h2*9-10,19H,2-8,11-18H2,1H3;14,17H,5-13H2,1-4H3/b2*10-9-;/t;;14-,17-/m..0/s1. The van der Waals surface area contributed by atoms with Crippen LogP contribution in [0.25, 0.3) is 0 Å². The molecule has 0 aliphatic carbocycles. The van der Waals surface area contributed by atoms with E-state index in [2.05, 4.69) is 38.2 Å². The molecule has 9 nitrogen and oxygen atoms in total. The molecule has 9 heteroatoms. The van der Waals surface area contributed by atoms with Crippen molar-refractivity contribution in [2.24, 2.45) is 0 Å². The molecule has 0 aromatic heterocycles. The number of esters is 2. The van der Waals surface area contributed by atoms with Gasteiger partial charge in [0, 0.05) is 32.5 Å². The molecular weight excluding hydrogens is 777 g/mol. The lowest BCUT2D eigenvalue weighted by Gasteiger charge is -2.15. The maximum absolute atomic E-state index is 11.7. The monoisotopic (exact) mass is 881 g/mol. The second-order valence-electron chi connectivity index (χ2n) is 18.1. The van der Waals surface area contributed by atoms with Crippen molar-refractivity contribution >= 4 is 11.9 Å². The lowest BCUT2D eigenvalue weighted by Crippen LogP contribution is -2.23. The molecule has 1 fully saturated rings. The summed E-state index contributed by atoms with van der Waals surface area (Å²) in [5, 5.41) is 17.3. The maximum atomic E-state index is 11.7. The molecule has 368 valence electrons. The average molecular weight is 881 g/mol. The van der Waals surface area contributed by atoms with Crippen LogP contribution in [0.3, 0.4) is 0 Å². The van der Waals surface area contributed by atoms with Crippen LogP contribution in [-0.2, 0) is 23.8 Å². The highest BCUT2D eigenvalue weighted by Gasteiger charge is 2.29. The van der Waals surface area contributed by atoms with Crippen LogP contribution >= 0.6 is 0 Å². The van der Waals surface area contributed by atoms with Gasteiger partial charge in [0.25, 0.3) is 0 Å². The fraction of sp³-hybridized carbons (Fsp3) is 0.887. The van der Waals surface area contributed by atoms with E-state index >= 15 is 0 Å². The first-order valence-corrected chi connectivity index (χ1v) is 26.0. The summed E-state index contributed by atoms with van der Waals surface area (Å²) < 4.78 is 16.1. The third kappa shape index (κ3) is 52.6. The van der Waals surface area contributed by atoms with E-state index in [4.69, 9.17) is 24.4 Å². The summed E-state index contributed by atoms with van der Waals surface area (Å²) in [5.41, 5.74) is 0. The van der Waals surface area contributed by atoms with E-state index < -0.39 is 6.29 Å². The number of rotatable bonds is 41. The summed E-state index contributed by atoms with van der Waals surface area (Å²) in [7, 11) is 7.88. The van der Waals surface area contributed by atoms with Crippen molar-refractivity contribution in [2.45, 2.75) is 245 Å². The summed E-state index contributed by atoms with van der Waals surface area (Å²) in [4.78, 5) is 27.4. The van der Waals surface area contributed by atoms with Crippen LogP contribution in [0.1, 0.15) is 232 Å². The number of hydrogen-bond donors (Lipinski definition) is 2. The van der Waals surface area contributed by atoms with Gasteiger partial charge in [-0.05, 0) is 125 Å². The number of aliphatic hydroxyl groups is 2. The van der Waals surface area contributed by atoms with Crippen molar-refractivity contribution in [2.75, 3.05) is 61.1 Å². The number of nitrogens with zero attached hydrogens (tertiary/aromatic N) is 2. The number of aliphatic hydroxyl groups excluding tert-OH is 2. The van der Waals surface area contributed by atoms with E-state index in [9.17, 15) is 9.59 Å². The molecule has 0 saturated carbocycles. The molecule has 2 atom stereocenters. The molecule has 0 spiro atoms. The molecule has 0 bridgehead atoms. The molecule has 2 N–H and O–H groups in total. The predicted molar refractivity (Wildman–Crippen MR) is 264 cm³/mol. The Kier molecular flexibility index (Phi) is 52.1. The average Bonchev–Trinajstić information content (AvgIpc) is 3.70. The Hall–Kier alpha value is -1.78. The molecule has 0 unspecified atom stereocenters. The van der Waals surface area contributed by atoms with E-state index in [0.29, 0.717) is 32.5 Å². The summed E-state index contributed by atoms with van der Waals surface area (Å²) in [6.45, 7) is 7.22. The zero-order valence-corrected chi connectivity index (χ0v) is 41.9. The summed E-state index contributed by atoms with van der Waals surface area (Å²) in [6.07, 6.45) is 49.5. The van der Waals surface area contributed by atoms with Crippen molar-refractivity contribution in [3.05, 3.63) is 24.3 Å². The van der Waals surface area contributed by atoms with E-state index in [-0.39, 0.29) is 24.6 Å². The van der Waals surface area contributed by atoms with Crippen LogP contribution < -0.4 is 0 Å². The van der Waals surface area contributed by atoms with E-state index in [1.807, 2.05) is 38.0 Å². The predicted octanol–water partition coefficient (Wildman–Crippen LogP) is 13.3. The van der Waals surface area contributed by atoms with Gasteiger partial charge in [-0.2, -0.15) is 0 Å². The van der Waals surface area contributed by atoms with Gasteiger partial charge in [0.05, 0.1) is 6.10 Å². The minimum atomic E-state index is -0.505. The highest BCUT2D eigenvalue weighted by molar-refractivity contribution is 5.69. The Bertz CT molecular complexity index is 934. The van der Waals surface area contributed by atoms with Gasteiger partial charge in [-0.1, -0.05) is 154 Å². The summed E-state index contributed by atoms with van der Waals surface area (Å²) >= 11 is 0. The largest absolute Gasteiger partial charge is 0.463 e. The highest BCUT2D eigenvalue weighted by atomic mass is 16.7. The van der Waals surface area contributed by atoms with Gasteiger partial charge in [-0.25, -0.2) is 0 Å². The second-order valence-corrected chi connectivity index (χ2v) is 18.1. The Labute approximate surface area is 384 Å². The van der Waals surface area contributed by atoms with Crippen molar-refractivity contribution in [1.29, 1.82) is 0 Å². The van der Waals surface area contributed by atoms with Gasteiger partial charge < -0.3 is 34.2 Å². The zero-order valence-electron chi connectivity index (χ0n) is 41.9. The van der Waals surface area contributed by atoms with Crippen LogP contribution in [0, 0.1) is 0 Å². The summed E-state index contributed by atoms with van der Waals surface area (Å²) in [5.74, 6) is -0.437. The SMILES string of the molecule is CCCCCCCC/C=C\CCCCCCCCO.CCCCCCCC/C=C\CCCCCCCCO.CN(C)CCCC(=O)OC[C@@H]1CC[C@H](OC(=O)CCCN(C)C)O1. The van der Waals surface area contributed by atoms with Gasteiger partial charge in [0.2, 0.25) is 6.29 Å². The topological polar surface area (TPSA) is 109 Å². The number of carbonyl (C=O) groups excluding carboxylic acids is 2. The van der Waals surface area contributed by atoms with Gasteiger partial charge in [0.15, 0.2) is 0 Å². The van der Waals surface area contributed by atoms with E-state index in [1.165, 1.54) is 167 Å². The number of unbranched alkanes of at least 4 members (excludes halogenated alkanes) is 24. The number of carbonyl (C=O) groups is 2. The molecule has 0 aromatic carbocycles. The Morgan fingerprint density at radius 2 is 0.855 bits per heavy atom. The molecule has 1 aliphatic rings. The first-order valence-electron chi connectivity index (χ1n) is 26.0. The van der Waals surface area contributed by atoms with Crippen molar-refractivity contribution in [1.82, 2.24) is 9.80 Å². The van der Waals surface area contributed by atoms with Crippen LogP contribution in [0.5, 0.6) is 0 Å². The van der Waals surface area contributed by atoms with Crippen LogP contribution in [-0.4, -0.2) is 105 Å². The minimum Gasteiger partial charge on any atom is -0.463 e. The lowest BCUT2D eigenvalue weighted by molar-refractivity contribution is -0.180. The minimum absolute atomic E-state index is 0.178. The normalized spacial score (nSPS) is 15.0. The Morgan fingerprint density at radius 3 is 1.23 bits per heavy atom. The quantitative estimate of drug-likeness (QED) is 0.0352. The van der Waals surface area contributed by atoms with Crippen LogP contribution in [0.4, 0.5) is 0 Å². The fourth-order valence-electron chi connectivity index (χ4n) is 7.14. The first kappa shape index (κ1) is 62.3. The molecule has 0 aromatic rings. The molecule has 0 amide bonds. The van der Waals surface area contributed by atoms with Crippen LogP contribution in [0.15, 0.2) is 24.3 Å². The highest BCUT2D eigenvalue weighted by Crippen LogP contribution is 2.22. The van der Waals surface area contributed by atoms with E-state index in [0.717, 1.165) is 45.2 Å². The van der Waals surface area contributed by atoms with Gasteiger partial charge in [-0.3, -0.25) is 9.59 Å². The molecule has 1 aliphatic heterocycles. The smallest absolute Gasteiger partial charge is 0.308 e. The fourth-order valence-corrected chi connectivity index (χ4v) is 7.14. The molecular formula is C53H104N2O7. The van der Waals surface area contributed by atoms with Gasteiger partial charge >= 0.3 is 11.9 Å². The van der Waals surface area contributed by atoms with E-state index in [1.54, 1.807) is 0 Å². The number of allylic oxidation sites excluding steroid dienone is 4. The van der Waals surface area contributed by atoms with Crippen LogP contribution in [0.2, 0.25) is 0 Å². The Morgan fingerprint density at radius 1 is 0.500 bits per heavy atom.